The Morgan fingerprint density at radius 1 is 1.29 bits per heavy atom. The van der Waals surface area contributed by atoms with Crippen molar-refractivity contribution in [2.75, 3.05) is 13.1 Å². The van der Waals surface area contributed by atoms with Crippen molar-refractivity contribution >= 4 is 5.91 Å². The molecule has 4 aliphatic rings. The Hall–Kier alpha value is -1.50. The van der Waals surface area contributed by atoms with Crippen LogP contribution in [0.1, 0.15) is 73.5 Å². The van der Waals surface area contributed by atoms with Crippen molar-refractivity contribution in [2.45, 2.75) is 83.0 Å². The highest BCUT2D eigenvalue weighted by Crippen LogP contribution is 2.53. The fraction of sp³-hybridized carbons (Fsp3) is 0.727. The average molecular weight is 385 g/mol. The van der Waals surface area contributed by atoms with E-state index >= 15 is 0 Å². The molecule has 2 saturated carbocycles. The average Bonchev–Trinajstić information content (AvgIpc) is 3.55. The number of likely N-dealkylation sites (tertiary alicyclic amines) is 1. The Balaban J connectivity index is 1.26. The van der Waals surface area contributed by atoms with Gasteiger partial charge in [-0.3, -0.25) is 19.9 Å². The second kappa shape index (κ2) is 7.08. The van der Waals surface area contributed by atoms with E-state index in [9.17, 15) is 4.79 Å². The Morgan fingerprint density at radius 3 is 2.68 bits per heavy atom. The zero-order chi connectivity index (χ0) is 19.3. The lowest BCUT2D eigenvalue weighted by atomic mass is 9.59. The molecule has 152 valence electrons. The number of carbonyl (C=O) groups is 1. The summed E-state index contributed by atoms with van der Waals surface area (Å²) in [6, 6.07) is 4.04. The van der Waals surface area contributed by atoms with Gasteiger partial charge < -0.3 is 4.90 Å². The predicted octanol–water partition coefficient (Wildman–Crippen LogP) is 2.74. The van der Waals surface area contributed by atoms with Gasteiger partial charge in [-0.25, -0.2) is 5.48 Å². The molecule has 28 heavy (non-hydrogen) atoms. The highest BCUT2D eigenvalue weighted by molar-refractivity contribution is 5.93. The zero-order valence-corrected chi connectivity index (χ0v) is 16.9. The molecule has 0 aromatic carbocycles. The Kier molecular flexibility index (Phi) is 4.68. The topological polar surface area (TPSA) is 68.7 Å². The van der Waals surface area contributed by atoms with Crippen molar-refractivity contribution in [1.82, 2.24) is 20.3 Å². The summed E-state index contributed by atoms with van der Waals surface area (Å²) >= 11 is 0. The minimum absolute atomic E-state index is 0.439. The molecule has 0 unspecified atom stereocenters. The van der Waals surface area contributed by atoms with Crippen LogP contribution in [0.2, 0.25) is 0 Å². The third kappa shape index (κ3) is 3.25. The summed E-state index contributed by atoms with van der Waals surface area (Å²) in [6.07, 6.45) is 12.0. The number of piperidine rings is 1. The fourth-order valence-electron chi connectivity index (χ4n) is 5.91. The van der Waals surface area contributed by atoms with E-state index in [0.717, 1.165) is 36.7 Å². The maximum absolute atomic E-state index is 11.8. The van der Waals surface area contributed by atoms with Gasteiger partial charge in [-0.2, -0.15) is 0 Å². The number of rotatable bonds is 4. The fourth-order valence-corrected chi connectivity index (χ4v) is 5.91. The smallest absolute Gasteiger partial charge is 0.276 e. The molecule has 1 spiro atoms. The van der Waals surface area contributed by atoms with Crippen LogP contribution < -0.4 is 5.48 Å². The number of amides is 1. The van der Waals surface area contributed by atoms with E-state index < -0.39 is 5.91 Å². The number of pyridine rings is 1. The van der Waals surface area contributed by atoms with Gasteiger partial charge in [-0.15, -0.1) is 0 Å². The van der Waals surface area contributed by atoms with Crippen LogP contribution in [0.25, 0.3) is 0 Å². The maximum Gasteiger partial charge on any atom is 0.276 e. The summed E-state index contributed by atoms with van der Waals surface area (Å²) < 4.78 is 0. The van der Waals surface area contributed by atoms with E-state index in [2.05, 4.69) is 21.7 Å². The Labute approximate surface area is 167 Å². The van der Waals surface area contributed by atoms with E-state index in [1.165, 1.54) is 51.6 Å². The second-order valence-corrected chi connectivity index (χ2v) is 9.54. The van der Waals surface area contributed by atoms with Crippen LogP contribution in [0.15, 0.2) is 12.3 Å². The number of fused-ring (bicyclic) bond motifs is 1. The first kappa shape index (κ1) is 18.5. The first-order valence-electron chi connectivity index (χ1n) is 11.0. The lowest BCUT2D eigenvalue weighted by Crippen LogP contribution is -2.58. The van der Waals surface area contributed by atoms with E-state index in [1.54, 1.807) is 11.7 Å². The molecule has 1 atom stereocenters. The summed E-state index contributed by atoms with van der Waals surface area (Å²) in [5.41, 5.74) is 5.01. The number of nitrogens with one attached hydrogen (secondary N) is 1. The van der Waals surface area contributed by atoms with Gasteiger partial charge in [0.15, 0.2) is 0 Å². The monoisotopic (exact) mass is 384 g/mol. The normalized spacial score (nSPS) is 28.0. The van der Waals surface area contributed by atoms with Crippen molar-refractivity contribution in [3.63, 3.8) is 0 Å². The molecule has 3 heterocycles. The number of aromatic nitrogens is 1. The van der Waals surface area contributed by atoms with Gasteiger partial charge in [0.05, 0.1) is 5.56 Å². The number of nitrogens with zero attached hydrogens (tertiary/aromatic N) is 3. The minimum atomic E-state index is -0.482. The van der Waals surface area contributed by atoms with Gasteiger partial charge >= 0.3 is 0 Å². The molecular formula is C22H32N4O2. The molecule has 0 bridgehead atoms. The molecule has 1 saturated heterocycles. The van der Waals surface area contributed by atoms with E-state index in [4.69, 9.17) is 5.21 Å². The lowest BCUT2D eigenvalue weighted by molar-refractivity contribution is -0.0650. The van der Waals surface area contributed by atoms with Crippen LogP contribution in [0.3, 0.4) is 0 Å². The molecule has 5 rings (SSSR count). The number of carbonyl (C=O) groups excluding carboxylic acids is 1. The van der Waals surface area contributed by atoms with E-state index in [-0.39, 0.29) is 0 Å². The Bertz CT molecular complexity index is 747. The summed E-state index contributed by atoms with van der Waals surface area (Å²) in [4.78, 5) is 21.7. The predicted molar refractivity (Wildman–Crippen MR) is 106 cm³/mol. The van der Waals surface area contributed by atoms with E-state index in [0.29, 0.717) is 23.1 Å². The quantitative estimate of drug-likeness (QED) is 0.617. The van der Waals surface area contributed by atoms with Crippen LogP contribution in [0, 0.1) is 5.41 Å². The molecule has 3 fully saturated rings. The van der Waals surface area contributed by atoms with Gasteiger partial charge in [0.25, 0.3) is 5.91 Å². The second-order valence-electron chi connectivity index (χ2n) is 9.54. The Morgan fingerprint density at radius 2 is 2.04 bits per heavy atom. The standard InChI is InChI=1S/C22H32N4O2/c1-2-17-10-20-16(9-15(13-23-20)21(27)24-28)14-26(17)19-11-22(12-19)5-7-25(8-6-22)18-3-4-18/h9,13,17-19,28H,2-8,10-12,14H2,1H3,(H,24,27)/t17-/m1/s1. The third-order valence-electron chi connectivity index (χ3n) is 7.87. The third-order valence-corrected chi connectivity index (χ3v) is 7.87. The van der Waals surface area contributed by atoms with Crippen molar-refractivity contribution in [3.05, 3.63) is 29.1 Å². The van der Waals surface area contributed by atoms with Gasteiger partial charge in [0.2, 0.25) is 0 Å². The van der Waals surface area contributed by atoms with Crippen molar-refractivity contribution in [2.24, 2.45) is 5.41 Å². The molecule has 1 amide bonds. The van der Waals surface area contributed by atoms with Crippen molar-refractivity contribution in [3.8, 4) is 0 Å². The molecular weight excluding hydrogens is 352 g/mol. The van der Waals surface area contributed by atoms with Crippen molar-refractivity contribution in [1.29, 1.82) is 0 Å². The lowest BCUT2D eigenvalue weighted by Gasteiger charge is -2.57. The number of hydrogen-bond acceptors (Lipinski definition) is 5. The largest absolute Gasteiger partial charge is 0.300 e. The van der Waals surface area contributed by atoms with Crippen LogP contribution >= 0.6 is 0 Å². The molecule has 2 N–H and O–H groups in total. The van der Waals surface area contributed by atoms with E-state index in [1.807, 2.05) is 6.07 Å². The van der Waals surface area contributed by atoms with Gasteiger partial charge in [-0.05, 0) is 75.1 Å². The zero-order valence-electron chi connectivity index (χ0n) is 16.9. The molecule has 2 aliphatic heterocycles. The van der Waals surface area contributed by atoms with Gasteiger partial charge in [0, 0.05) is 43.0 Å². The maximum atomic E-state index is 11.8. The van der Waals surface area contributed by atoms with Crippen LogP contribution in [0.5, 0.6) is 0 Å². The SMILES string of the molecule is CC[C@@H]1Cc2ncc(C(=O)NO)cc2CN1C1CC2(CCN(C3CC3)CC2)C1. The summed E-state index contributed by atoms with van der Waals surface area (Å²) in [5, 5.41) is 8.92. The number of hydroxylamine groups is 1. The van der Waals surface area contributed by atoms with Crippen LogP contribution in [0.4, 0.5) is 0 Å². The van der Waals surface area contributed by atoms with Gasteiger partial charge in [-0.1, -0.05) is 6.92 Å². The molecule has 0 radical (unpaired) electrons. The molecule has 1 aromatic heterocycles. The molecule has 6 nitrogen and oxygen atoms in total. The highest BCUT2D eigenvalue weighted by Gasteiger charge is 2.50. The summed E-state index contributed by atoms with van der Waals surface area (Å²) in [6.45, 7) is 5.77. The van der Waals surface area contributed by atoms with Crippen LogP contribution in [-0.2, 0) is 13.0 Å². The molecule has 6 heteroatoms. The number of hydrogen-bond donors (Lipinski definition) is 2. The highest BCUT2D eigenvalue weighted by atomic mass is 16.5. The van der Waals surface area contributed by atoms with Crippen molar-refractivity contribution < 1.29 is 10.0 Å². The summed E-state index contributed by atoms with van der Waals surface area (Å²) in [7, 11) is 0. The molecule has 1 aromatic rings. The first-order valence-corrected chi connectivity index (χ1v) is 11.0. The van der Waals surface area contributed by atoms with Gasteiger partial charge in [0.1, 0.15) is 0 Å². The minimum Gasteiger partial charge on any atom is -0.300 e. The molecule has 2 aliphatic carbocycles. The summed E-state index contributed by atoms with van der Waals surface area (Å²) in [5.74, 6) is -0.482. The first-order chi connectivity index (χ1) is 13.6. The van der Waals surface area contributed by atoms with Crippen LogP contribution in [-0.4, -0.2) is 57.1 Å².